The topological polar surface area (TPSA) is 87.2 Å². The van der Waals surface area contributed by atoms with Gasteiger partial charge in [-0.1, -0.05) is 0 Å². The maximum atomic E-state index is 11.6. The van der Waals surface area contributed by atoms with Gasteiger partial charge in [-0.25, -0.2) is 4.79 Å². The van der Waals surface area contributed by atoms with Crippen LogP contribution in [-0.2, 0) is 9.53 Å². The quantitative estimate of drug-likeness (QED) is 0.822. The zero-order chi connectivity index (χ0) is 12.6. The molecule has 2 atom stereocenters. The number of carbonyl (C=O) groups is 1. The molecule has 2 rings (SSSR count). The van der Waals surface area contributed by atoms with Gasteiger partial charge in [0.2, 0.25) is 0 Å². The summed E-state index contributed by atoms with van der Waals surface area (Å²) in [5.41, 5.74) is 4.93. The largest absolute Gasteiger partial charge is 0.383 e. The molecule has 0 aromatic carbocycles. The van der Waals surface area contributed by atoms with Crippen molar-refractivity contribution in [1.29, 1.82) is 0 Å². The Morgan fingerprint density at radius 3 is 3.00 bits per heavy atom. The third-order valence-corrected chi connectivity index (χ3v) is 4.05. The molecule has 6 nitrogen and oxygen atoms in total. The van der Waals surface area contributed by atoms with Crippen LogP contribution in [0.1, 0.15) is 20.1 Å². The standard InChI is InChI=1S/C10H13N3O3S/c1-6(14)10(2)16-8(5-17-10)13-4-3-7(11)12-9(13)15/h3-4,8H,5H2,1-2H3,(H2,11,12,15)/t8-,10+/m0/s1. The molecule has 1 aliphatic rings. The molecule has 1 aliphatic heterocycles. The third kappa shape index (κ3) is 2.20. The number of carbonyl (C=O) groups excluding carboxylic acids is 1. The molecule has 0 radical (unpaired) electrons. The maximum Gasteiger partial charge on any atom is 0.351 e. The zero-order valence-corrected chi connectivity index (χ0v) is 10.4. The number of aromatic nitrogens is 2. The van der Waals surface area contributed by atoms with Gasteiger partial charge in [-0.3, -0.25) is 9.36 Å². The van der Waals surface area contributed by atoms with Crippen molar-refractivity contribution in [3.8, 4) is 0 Å². The van der Waals surface area contributed by atoms with Gasteiger partial charge in [0, 0.05) is 11.9 Å². The Balaban J connectivity index is 2.27. The lowest BCUT2D eigenvalue weighted by molar-refractivity contribution is -0.135. The van der Waals surface area contributed by atoms with E-state index in [0.717, 1.165) is 0 Å². The van der Waals surface area contributed by atoms with E-state index in [-0.39, 0.29) is 11.6 Å². The SMILES string of the molecule is CC(=O)[C@]1(C)O[C@H](n2ccc(N)nc2=O)CS1. The van der Waals surface area contributed by atoms with Crippen LogP contribution in [0.5, 0.6) is 0 Å². The van der Waals surface area contributed by atoms with Crippen molar-refractivity contribution in [1.82, 2.24) is 9.55 Å². The van der Waals surface area contributed by atoms with Crippen LogP contribution in [0.25, 0.3) is 0 Å². The molecule has 0 amide bonds. The smallest absolute Gasteiger partial charge is 0.351 e. The Hall–Kier alpha value is -1.34. The second-order valence-corrected chi connectivity index (χ2v) is 5.33. The van der Waals surface area contributed by atoms with Crippen LogP contribution in [0.2, 0.25) is 0 Å². The number of ketones is 1. The lowest BCUT2D eigenvalue weighted by atomic mass is 10.3. The van der Waals surface area contributed by atoms with E-state index in [0.29, 0.717) is 5.75 Å². The highest BCUT2D eigenvalue weighted by atomic mass is 32.2. The number of nitrogens with zero attached hydrogens (tertiary/aromatic N) is 2. The summed E-state index contributed by atoms with van der Waals surface area (Å²) in [5.74, 6) is 0.634. The van der Waals surface area contributed by atoms with Crippen molar-refractivity contribution in [2.75, 3.05) is 11.5 Å². The fraction of sp³-hybridized carbons (Fsp3) is 0.500. The Bertz CT molecular complexity index is 516. The summed E-state index contributed by atoms with van der Waals surface area (Å²) < 4.78 is 6.96. The molecule has 1 saturated heterocycles. The number of anilines is 1. The third-order valence-electron chi connectivity index (χ3n) is 2.66. The normalized spacial score (nSPS) is 28.2. The van der Waals surface area contributed by atoms with E-state index in [1.165, 1.54) is 35.5 Å². The fourth-order valence-electron chi connectivity index (χ4n) is 1.52. The number of ether oxygens (including phenoxy) is 1. The van der Waals surface area contributed by atoms with Crippen molar-refractivity contribution in [2.24, 2.45) is 0 Å². The van der Waals surface area contributed by atoms with Gasteiger partial charge in [-0.15, -0.1) is 11.8 Å². The van der Waals surface area contributed by atoms with E-state index < -0.39 is 16.9 Å². The van der Waals surface area contributed by atoms with Gasteiger partial charge in [0.1, 0.15) is 12.0 Å². The lowest BCUT2D eigenvalue weighted by Crippen LogP contribution is -2.33. The summed E-state index contributed by atoms with van der Waals surface area (Å²) in [5, 5.41) is 0. The predicted octanol–water partition coefficient (Wildman–Crippen LogP) is 0.393. The molecule has 7 heteroatoms. The molecule has 92 valence electrons. The minimum absolute atomic E-state index is 0.0681. The molecule has 2 N–H and O–H groups in total. The van der Waals surface area contributed by atoms with Crippen LogP contribution >= 0.6 is 11.8 Å². The summed E-state index contributed by atoms with van der Waals surface area (Å²) >= 11 is 1.38. The van der Waals surface area contributed by atoms with Gasteiger partial charge in [-0.2, -0.15) is 4.98 Å². The molecule has 1 fully saturated rings. The molecule has 0 unspecified atom stereocenters. The molecular weight excluding hydrogens is 242 g/mol. The second kappa shape index (κ2) is 4.15. The maximum absolute atomic E-state index is 11.6. The van der Waals surface area contributed by atoms with Crippen molar-refractivity contribution >= 4 is 23.4 Å². The van der Waals surface area contributed by atoms with E-state index in [1.807, 2.05) is 0 Å². The highest BCUT2D eigenvalue weighted by Crippen LogP contribution is 2.40. The molecule has 0 bridgehead atoms. The molecule has 0 spiro atoms. The Labute approximate surface area is 102 Å². The Morgan fingerprint density at radius 2 is 2.47 bits per heavy atom. The van der Waals surface area contributed by atoms with Gasteiger partial charge < -0.3 is 10.5 Å². The van der Waals surface area contributed by atoms with E-state index >= 15 is 0 Å². The van der Waals surface area contributed by atoms with Gasteiger partial charge in [0.05, 0.1) is 0 Å². The van der Waals surface area contributed by atoms with Crippen molar-refractivity contribution < 1.29 is 9.53 Å². The molecule has 0 saturated carbocycles. The monoisotopic (exact) mass is 255 g/mol. The Morgan fingerprint density at radius 1 is 1.76 bits per heavy atom. The number of rotatable bonds is 2. The van der Waals surface area contributed by atoms with E-state index in [2.05, 4.69) is 4.98 Å². The molecule has 1 aromatic heterocycles. The lowest BCUT2D eigenvalue weighted by Gasteiger charge is -2.20. The number of thioether (sulfide) groups is 1. The summed E-state index contributed by atoms with van der Waals surface area (Å²) in [4.78, 5) is 25.8. The van der Waals surface area contributed by atoms with Crippen molar-refractivity contribution in [3.05, 3.63) is 22.7 Å². The van der Waals surface area contributed by atoms with Gasteiger partial charge in [0.15, 0.2) is 10.7 Å². The summed E-state index contributed by atoms with van der Waals surface area (Å²) in [6.45, 7) is 3.18. The average Bonchev–Trinajstić information content (AvgIpc) is 2.62. The van der Waals surface area contributed by atoms with Crippen LogP contribution in [0.15, 0.2) is 17.1 Å². The minimum atomic E-state index is -0.883. The van der Waals surface area contributed by atoms with Crippen LogP contribution in [0.4, 0.5) is 5.82 Å². The highest BCUT2D eigenvalue weighted by molar-refractivity contribution is 8.01. The molecular formula is C10H13N3O3S. The first kappa shape index (κ1) is 12.1. The predicted molar refractivity (Wildman–Crippen MR) is 64.6 cm³/mol. The summed E-state index contributed by atoms with van der Waals surface area (Å²) in [6.07, 6.45) is 1.05. The molecule has 17 heavy (non-hydrogen) atoms. The van der Waals surface area contributed by atoms with Gasteiger partial charge in [-0.05, 0) is 19.9 Å². The highest BCUT2D eigenvalue weighted by Gasteiger charge is 2.41. The number of Topliss-reactive ketones (excluding diaryl/α,β-unsaturated/α-hetero) is 1. The van der Waals surface area contributed by atoms with Gasteiger partial charge in [0.25, 0.3) is 0 Å². The first-order valence-electron chi connectivity index (χ1n) is 5.10. The van der Waals surface area contributed by atoms with Gasteiger partial charge >= 0.3 is 5.69 Å². The summed E-state index contributed by atoms with van der Waals surface area (Å²) in [7, 11) is 0. The van der Waals surface area contributed by atoms with E-state index in [4.69, 9.17) is 10.5 Å². The van der Waals surface area contributed by atoms with Crippen LogP contribution in [0, 0.1) is 0 Å². The van der Waals surface area contributed by atoms with Crippen molar-refractivity contribution in [2.45, 2.75) is 25.0 Å². The van der Waals surface area contributed by atoms with E-state index in [1.54, 1.807) is 6.92 Å². The van der Waals surface area contributed by atoms with Crippen LogP contribution in [-0.4, -0.2) is 26.0 Å². The summed E-state index contributed by atoms with van der Waals surface area (Å²) in [6, 6.07) is 1.53. The molecule has 0 aliphatic carbocycles. The van der Waals surface area contributed by atoms with E-state index in [9.17, 15) is 9.59 Å². The zero-order valence-electron chi connectivity index (χ0n) is 9.54. The average molecular weight is 255 g/mol. The van der Waals surface area contributed by atoms with Crippen LogP contribution in [0.3, 0.4) is 0 Å². The number of nitrogen functional groups attached to an aromatic ring is 1. The molecule has 2 heterocycles. The first-order valence-corrected chi connectivity index (χ1v) is 6.08. The number of hydrogen-bond donors (Lipinski definition) is 1. The first-order chi connectivity index (χ1) is 7.92. The number of hydrogen-bond acceptors (Lipinski definition) is 6. The number of nitrogens with two attached hydrogens (primary N) is 1. The second-order valence-electron chi connectivity index (χ2n) is 3.93. The van der Waals surface area contributed by atoms with Crippen molar-refractivity contribution in [3.63, 3.8) is 0 Å². The fourth-order valence-corrected chi connectivity index (χ4v) is 2.60. The van der Waals surface area contributed by atoms with Crippen LogP contribution < -0.4 is 11.4 Å². The molecule has 1 aromatic rings. The Kier molecular flexibility index (Phi) is 2.96. The minimum Gasteiger partial charge on any atom is -0.383 e.